The van der Waals surface area contributed by atoms with Gasteiger partial charge in [-0.15, -0.1) is 0 Å². The molecule has 0 radical (unpaired) electrons. The Balaban J connectivity index is 2.51. The maximum absolute atomic E-state index is 12.5. The summed E-state index contributed by atoms with van der Waals surface area (Å²) in [5.41, 5.74) is 1.91. The van der Waals surface area contributed by atoms with E-state index in [2.05, 4.69) is 0 Å². The minimum absolute atomic E-state index is 0.356. The molecule has 2 aromatic carbocycles. The average molecular weight is 260 g/mol. The van der Waals surface area contributed by atoms with Gasteiger partial charge >= 0.3 is 0 Å². The molecule has 0 spiro atoms. The third kappa shape index (κ3) is 2.31. The van der Waals surface area contributed by atoms with Crippen molar-refractivity contribution in [3.05, 3.63) is 59.7 Å². The van der Waals surface area contributed by atoms with Crippen LogP contribution in [0.15, 0.2) is 58.3 Å². The van der Waals surface area contributed by atoms with Crippen LogP contribution in [0, 0.1) is 6.92 Å². The predicted molar refractivity (Wildman–Crippen MR) is 72.5 cm³/mol. The molecule has 0 amide bonds. The fraction of sp³-hybridized carbons (Fsp3) is 0.200. The molecule has 0 aliphatic rings. The predicted octanol–water partition coefficient (Wildman–Crippen LogP) is 3.39. The number of hydrogen-bond acceptors (Lipinski definition) is 2. The van der Waals surface area contributed by atoms with E-state index < -0.39 is 9.84 Å². The molecular formula is C15H16O2S. The van der Waals surface area contributed by atoms with Crippen molar-refractivity contribution in [1.29, 1.82) is 0 Å². The lowest BCUT2D eigenvalue weighted by molar-refractivity contribution is 0.595. The first kappa shape index (κ1) is 12.8. The molecule has 0 saturated carbocycles. The van der Waals surface area contributed by atoms with Gasteiger partial charge in [-0.25, -0.2) is 8.42 Å². The molecule has 0 fully saturated rings. The summed E-state index contributed by atoms with van der Waals surface area (Å²) in [6.45, 7) is 3.86. The van der Waals surface area contributed by atoms with Gasteiger partial charge in [-0.2, -0.15) is 0 Å². The van der Waals surface area contributed by atoms with Crippen LogP contribution in [-0.4, -0.2) is 8.42 Å². The minimum Gasteiger partial charge on any atom is -0.219 e. The molecule has 0 aliphatic carbocycles. The summed E-state index contributed by atoms with van der Waals surface area (Å²) >= 11 is 0. The maximum atomic E-state index is 12.5. The highest BCUT2D eigenvalue weighted by Crippen LogP contribution is 2.23. The third-order valence-corrected chi connectivity index (χ3v) is 4.95. The van der Waals surface area contributed by atoms with Crippen molar-refractivity contribution in [2.75, 3.05) is 0 Å². The van der Waals surface area contributed by atoms with E-state index in [0.29, 0.717) is 9.79 Å². The lowest BCUT2D eigenvalue weighted by atomic mass is 10.2. The maximum Gasteiger partial charge on any atom is 0.206 e. The standard InChI is InChI=1S/C15H16O2S/c1-3-13-8-10-14(11-9-13)18(16,17)15-7-5-4-6-12(15)2/h4-11H,3H2,1-2H3. The molecule has 0 heterocycles. The van der Waals surface area contributed by atoms with Gasteiger partial charge < -0.3 is 0 Å². The van der Waals surface area contributed by atoms with Gasteiger partial charge in [0.1, 0.15) is 0 Å². The topological polar surface area (TPSA) is 34.1 Å². The fourth-order valence-electron chi connectivity index (χ4n) is 1.89. The zero-order chi connectivity index (χ0) is 13.2. The van der Waals surface area contributed by atoms with Crippen molar-refractivity contribution in [3.8, 4) is 0 Å². The number of sulfone groups is 1. The van der Waals surface area contributed by atoms with Crippen LogP contribution in [0.3, 0.4) is 0 Å². The molecule has 2 nitrogen and oxygen atoms in total. The highest BCUT2D eigenvalue weighted by Gasteiger charge is 2.18. The number of benzene rings is 2. The molecule has 0 atom stereocenters. The first-order chi connectivity index (χ1) is 8.55. The quantitative estimate of drug-likeness (QED) is 0.847. The van der Waals surface area contributed by atoms with Gasteiger partial charge in [-0.3, -0.25) is 0 Å². The molecule has 0 unspecified atom stereocenters. The number of rotatable bonds is 3. The summed E-state index contributed by atoms with van der Waals surface area (Å²) in [6.07, 6.45) is 0.907. The Morgan fingerprint density at radius 1 is 0.944 bits per heavy atom. The second-order valence-corrected chi connectivity index (χ2v) is 6.18. The Hall–Kier alpha value is -1.61. The van der Waals surface area contributed by atoms with Crippen LogP contribution in [-0.2, 0) is 16.3 Å². The molecule has 0 bridgehead atoms. The van der Waals surface area contributed by atoms with E-state index in [9.17, 15) is 8.42 Å². The van der Waals surface area contributed by atoms with E-state index in [1.54, 1.807) is 24.3 Å². The highest BCUT2D eigenvalue weighted by atomic mass is 32.2. The van der Waals surface area contributed by atoms with E-state index in [4.69, 9.17) is 0 Å². The van der Waals surface area contributed by atoms with Gasteiger partial charge in [0.2, 0.25) is 9.84 Å². The zero-order valence-corrected chi connectivity index (χ0v) is 11.4. The van der Waals surface area contributed by atoms with E-state index in [1.165, 1.54) is 0 Å². The fourth-order valence-corrected chi connectivity index (χ4v) is 3.39. The molecular weight excluding hydrogens is 244 g/mol. The van der Waals surface area contributed by atoms with Gasteiger partial charge in [0.05, 0.1) is 9.79 Å². The molecule has 0 saturated heterocycles. The lowest BCUT2D eigenvalue weighted by Gasteiger charge is -2.08. The Kier molecular flexibility index (Phi) is 3.53. The molecule has 2 rings (SSSR count). The largest absolute Gasteiger partial charge is 0.219 e. The van der Waals surface area contributed by atoms with Gasteiger partial charge in [-0.05, 0) is 42.7 Å². The highest BCUT2D eigenvalue weighted by molar-refractivity contribution is 7.91. The first-order valence-corrected chi connectivity index (χ1v) is 7.43. The van der Waals surface area contributed by atoms with Gasteiger partial charge in [0.25, 0.3) is 0 Å². The van der Waals surface area contributed by atoms with Crippen molar-refractivity contribution in [1.82, 2.24) is 0 Å². The Morgan fingerprint density at radius 2 is 1.56 bits per heavy atom. The Morgan fingerprint density at radius 3 is 2.11 bits per heavy atom. The van der Waals surface area contributed by atoms with Crippen LogP contribution in [0.5, 0.6) is 0 Å². The average Bonchev–Trinajstić information content (AvgIpc) is 2.39. The number of aryl methyl sites for hydroxylation is 2. The number of hydrogen-bond donors (Lipinski definition) is 0. The second-order valence-electron chi connectivity index (χ2n) is 4.27. The van der Waals surface area contributed by atoms with Crippen molar-refractivity contribution < 1.29 is 8.42 Å². The van der Waals surface area contributed by atoms with Crippen LogP contribution in [0.2, 0.25) is 0 Å². The SMILES string of the molecule is CCc1ccc(S(=O)(=O)c2ccccc2C)cc1. The molecule has 3 heteroatoms. The van der Waals surface area contributed by atoms with Crippen molar-refractivity contribution >= 4 is 9.84 Å². The van der Waals surface area contributed by atoms with E-state index in [-0.39, 0.29) is 0 Å². The third-order valence-electron chi connectivity index (χ3n) is 3.03. The molecule has 18 heavy (non-hydrogen) atoms. The summed E-state index contributed by atoms with van der Waals surface area (Å²) in [4.78, 5) is 0.739. The first-order valence-electron chi connectivity index (χ1n) is 5.95. The summed E-state index contributed by atoms with van der Waals surface area (Å²) in [7, 11) is -3.39. The Bertz CT molecular complexity index is 640. The van der Waals surface area contributed by atoms with Crippen LogP contribution < -0.4 is 0 Å². The van der Waals surface area contributed by atoms with Gasteiger partial charge in [0.15, 0.2) is 0 Å². The van der Waals surface area contributed by atoms with Crippen LogP contribution >= 0.6 is 0 Å². The van der Waals surface area contributed by atoms with Crippen LogP contribution in [0.1, 0.15) is 18.1 Å². The van der Waals surface area contributed by atoms with Crippen LogP contribution in [0.4, 0.5) is 0 Å². The summed E-state index contributed by atoms with van der Waals surface area (Å²) < 4.78 is 24.9. The van der Waals surface area contributed by atoms with E-state index in [0.717, 1.165) is 17.5 Å². The van der Waals surface area contributed by atoms with Crippen molar-refractivity contribution in [2.45, 2.75) is 30.1 Å². The molecule has 0 aliphatic heterocycles. The summed E-state index contributed by atoms with van der Waals surface area (Å²) in [5.74, 6) is 0. The monoisotopic (exact) mass is 260 g/mol. The molecule has 0 aromatic heterocycles. The smallest absolute Gasteiger partial charge is 0.206 e. The summed E-state index contributed by atoms with van der Waals surface area (Å²) in [6, 6.07) is 14.2. The van der Waals surface area contributed by atoms with Crippen molar-refractivity contribution in [2.24, 2.45) is 0 Å². The van der Waals surface area contributed by atoms with E-state index >= 15 is 0 Å². The second kappa shape index (κ2) is 4.94. The molecule has 94 valence electrons. The lowest BCUT2D eigenvalue weighted by Crippen LogP contribution is -2.04. The normalized spacial score (nSPS) is 11.4. The Labute approximate surface area is 108 Å². The van der Waals surface area contributed by atoms with Crippen LogP contribution in [0.25, 0.3) is 0 Å². The molecule has 2 aromatic rings. The van der Waals surface area contributed by atoms with Gasteiger partial charge in [0, 0.05) is 0 Å². The minimum atomic E-state index is -3.39. The van der Waals surface area contributed by atoms with Crippen molar-refractivity contribution in [3.63, 3.8) is 0 Å². The zero-order valence-electron chi connectivity index (χ0n) is 10.6. The van der Waals surface area contributed by atoms with Gasteiger partial charge in [-0.1, -0.05) is 37.3 Å². The summed E-state index contributed by atoms with van der Waals surface area (Å²) in [5, 5.41) is 0. The van der Waals surface area contributed by atoms with E-state index in [1.807, 2.05) is 38.1 Å². The molecule has 0 N–H and O–H groups in total.